The minimum absolute atomic E-state index is 1.00. The zero-order valence-electron chi connectivity index (χ0n) is 37.8. The van der Waals surface area contributed by atoms with E-state index < -0.39 is 0 Å². The topological polar surface area (TPSA) is 22.8 Å². The quantitative estimate of drug-likeness (QED) is 0.153. The summed E-state index contributed by atoms with van der Waals surface area (Å²) in [6, 6.07) is 63.6. The van der Waals surface area contributed by atoms with Crippen LogP contribution in [0.4, 0.5) is 0 Å². The molecule has 0 amide bonds. The molecule has 0 N–H and O–H groups in total. The van der Waals surface area contributed by atoms with Crippen LogP contribution in [0.1, 0.15) is 53.9 Å². The maximum absolute atomic E-state index is 5.26. The Kier molecular flexibility index (Phi) is 8.98. The largest absolute Gasteiger partial charge is 0.313 e. The number of rotatable bonds is 6. The van der Waals surface area contributed by atoms with Crippen LogP contribution in [0.2, 0.25) is 0 Å². The van der Waals surface area contributed by atoms with Crippen molar-refractivity contribution in [1.29, 1.82) is 0 Å². The highest BCUT2D eigenvalue weighted by atomic mass is 15.0. The monoisotopic (exact) mass is 869 g/mol. The average molecular weight is 870 g/mol. The van der Waals surface area contributed by atoms with Crippen molar-refractivity contribution in [2.45, 2.75) is 38.5 Å². The van der Waals surface area contributed by atoms with Gasteiger partial charge in [0.15, 0.2) is 0 Å². The van der Waals surface area contributed by atoms with Crippen LogP contribution in [0.5, 0.6) is 0 Å². The van der Waals surface area contributed by atoms with Crippen LogP contribution in [0, 0.1) is 0 Å². The van der Waals surface area contributed by atoms with Crippen molar-refractivity contribution in [3.05, 3.63) is 228 Å². The van der Waals surface area contributed by atoms with Crippen LogP contribution in [0.15, 0.2) is 200 Å². The van der Waals surface area contributed by atoms with E-state index in [4.69, 9.17) is 4.98 Å². The lowest BCUT2D eigenvalue weighted by molar-refractivity contribution is 0.887. The number of benzene rings is 8. The molecule has 0 spiro atoms. The van der Waals surface area contributed by atoms with Gasteiger partial charge in [0.2, 0.25) is 0 Å². The molecule has 3 nitrogen and oxygen atoms in total. The number of para-hydroxylation sites is 2. The third kappa shape index (κ3) is 6.16. The molecule has 3 heteroatoms. The van der Waals surface area contributed by atoms with Gasteiger partial charge in [-0.05, 0) is 153 Å². The van der Waals surface area contributed by atoms with Gasteiger partial charge in [-0.15, -0.1) is 0 Å². The molecule has 8 aromatic carbocycles. The number of fused-ring (bicyclic) bond motifs is 10. The molecule has 0 aliphatic heterocycles. The lowest BCUT2D eigenvalue weighted by Gasteiger charge is -2.20. The number of nitrogens with zero attached hydrogens (tertiary/aromatic N) is 3. The molecule has 3 aromatic heterocycles. The molecule has 0 radical (unpaired) electrons. The molecule has 0 saturated carbocycles. The molecule has 0 atom stereocenters. The average Bonchev–Trinajstić information content (AvgIpc) is 3.93. The Morgan fingerprint density at radius 1 is 0.441 bits per heavy atom. The van der Waals surface area contributed by atoms with Crippen molar-refractivity contribution in [2.75, 3.05) is 0 Å². The summed E-state index contributed by atoms with van der Waals surface area (Å²) in [5.41, 5.74) is 21.0. The lowest BCUT2D eigenvalue weighted by atomic mass is 9.90. The first kappa shape index (κ1) is 38.9. The van der Waals surface area contributed by atoms with Gasteiger partial charge in [-0.25, -0.2) is 4.98 Å². The SMILES string of the molecule is C1=CCCC(c2cc(-c3ccc(-c4ccc(-c5cc(-n6c7c(c8ccccc86)CCC=C7)cc(-n6c7c(c8ccccc86)C=CCC7)c5)c5ccccc45)cc3)c3c(ccc4ccccc43)n2)=C1. The van der Waals surface area contributed by atoms with Crippen LogP contribution < -0.4 is 0 Å². The van der Waals surface area contributed by atoms with E-state index in [0.29, 0.717) is 0 Å². The second-order valence-electron chi connectivity index (χ2n) is 18.7. The Morgan fingerprint density at radius 3 is 1.85 bits per heavy atom. The van der Waals surface area contributed by atoms with Gasteiger partial charge in [0, 0.05) is 44.5 Å². The molecule has 3 heterocycles. The molecular formula is C65H47N3. The summed E-state index contributed by atoms with van der Waals surface area (Å²) in [5.74, 6) is 0. The molecule has 322 valence electrons. The van der Waals surface area contributed by atoms with E-state index in [1.54, 1.807) is 0 Å². The third-order valence-electron chi connectivity index (χ3n) is 14.9. The summed E-state index contributed by atoms with van der Waals surface area (Å²) in [6.07, 6.45) is 22.2. The first-order chi connectivity index (χ1) is 33.7. The predicted octanol–water partition coefficient (Wildman–Crippen LogP) is 17.1. The molecule has 14 rings (SSSR count). The van der Waals surface area contributed by atoms with Gasteiger partial charge in [0.25, 0.3) is 0 Å². The van der Waals surface area contributed by atoms with Gasteiger partial charge < -0.3 is 9.13 Å². The molecule has 3 aliphatic rings. The van der Waals surface area contributed by atoms with Gasteiger partial charge in [-0.3, -0.25) is 0 Å². The van der Waals surface area contributed by atoms with Crippen LogP contribution in [-0.4, -0.2) is 14.1 Å². The first-order valence-electron chi connectivity index (χ1n) is 24.3. The number of aromatic nitrogens is 3. The van der Waals surface area contributed by atoms with Crippen molar-refractivity contribution in [3.63, 3.8) is 0 Å². The van der Waals surface area contributed by atoms with Crippen LogP contribution in [0.25, 0.3) is 117 Å². The lowest BCUT2D eigenvalue weighted by Crippen LogP contribution is -2.06. The fraction of sp³-hybridized carbons (Fsp3) is 0.0923. The summed E-state index contributed by atoms with van der Waals surface area (Å²) in [4.78, 5) is 5.26. The van der Waals surface area contributed by atoms with E-state index in [0.717, 1.165) is 49.7 Å². The van der Waals surface area contributed by atoms with Gasteiger partial charge in [0.1, 0.15) is 0 Å². The number of hydrogen-bond donors (Lipinski definition) is 0. The van der Waals surface area contributed by atoms with Gasteiger partial charge >= 0.3 is 0 Å². The van der Waals surface area contributed by atoms with E-state index in [-0.39, 0.29) is 0 Å². The van der Waals surface area contributed by atoms with Gasteiger partial charge in [-0.1, -0.05) is 164 Å². The van der Waals surface area contributed by atoms with Crippen molar-refractivity contribution in [3.8, 4) is 44.8 Å². The minimum Gasteiger partial charge on any atom is -0.313 e. The van der Waals surface area contributed by atoms with E-state index in [1.807, 2.05) is 0 Å². The summed E-state index contributed by atoms with van der Waals surface area (Å²) < 4.78 is 5.07. The molecule has 0 fully saturated rings. The molecular weight excluding hydrogens is 823 g/mol. The number of pyridine rings is 1. The van der Waals surface area contributed by atoms with Crippen molar-refractivity contribution in [2.24, 2.45) is 0 Å². The Hall–Kier alpha value is -8.27. The number of allylic oxidation sites excluding steroid dienone is 6. The Bertz CT molecular complexity index is 4010. The van der Waals surface area contributed by atoms with Crippen LogP contribution in [-0.2, 0) is 12.8 Å². The summed E-state index contributed by atoms with van der Waals surface area (Å²) in [5, 5.41) is 8.80. The van der Waals surface area contributed by atoms with E-state index in [1.165, 1.54) is 122 Å². The van der Waals surface area contributed by atoms with Crippen LogP contribution in [0.3, 0.4) is 0 Å². The second-order valence-corrected chi connectivity index (χ2v) is 18.7. The fourth-order valence-electron chi connectivity index (χ4n) is 11.8. The highest BCUT2D eigenvalue weighted by molar-refractivity contribution is 6.14. The predicted molar refractivity (Wildman–Crippen MR) is 288 cm³/mol. The summed E-state index contributed by atoms with van der Waals surface area (Å²) >= 11 is 0. The first-order valence-corrected chi connectivity index (χ1v) is 24.3. The molecule has 0 bridgehead atoms. The molecule has 11 aromatic rings. The maximum Gasteiger partial charge on any atom is 0.0722 e. The van der Waals surface area contributed by atoms with Crippen molar-refractivity contribution in [1.82, 2.24) is 14.1 Å². The fourth-order valence-corrected chi connectivity index (χ4v) is 11.8. The highest BCUT2D eigenvalue weighted by Crippen LogP contribution is 2.43. The smallest absolute Gasteiger partial charge is 0.0722 e. The van der Waals surface area contributed by atoms with Crippen LogP contribution >= 0.6 is 0 Å². The van der Waals surface area contributed by atoms with Gasteiger partial charge in [0.05, 0.1) is 22.2 Å². The molecule has 0 saturated heterocycles. The molecule has 68 heavy (non-hydrogen) atoms. The third-order valence-corrected chi connectivity index (χ3v) is 14.9. The Labute approximate surface area is 396 Å². The summed E-state index contributed by atoms with van der Waals surface area (Å²) in [6.45, 7) is 0. The minimum atomic E-state index is 1.00. The normalized spacial score (nSPS) is 14.3. The standard InChI is InChI=1S/C65H47N3/c1-2-17-45(18-3-1)60-41-58(65-51-19-5-4-16-42(51)34-37-59(65)66-60)44-32-30-43(31-33-44)49-35-36-50(53-21-7-6-20-52(49)53)46-38-47(67-61-26-12-8-22-54(61)55-23-9-13-27-62(55)67)40-48(39-46)68-63-28-14-10-24-56(63)57-25-11-15-29-64(57)68/h1-2,4-10,12,14-17,19-24,26,28-41H,3,11,13,18,25,27H2. The maximum atomic E-state index is 5.26. The Morgan fingerprint density at radius 2 is 1.07 bits per heavy atom. The van der Waals surface area contributed by atoms with Crippen molar-refractivity contribution >= 4 is 72.0 Å². The van der Waals surface area contributed by atoms with Gasteiger partial charge in [-0.2, -0.15) is 0 Å². The molecule has 0 unspecified atom stereocenters. The van der Waals surface area contributed by atoms with Crippen molar-refractivity contribution < 1.29 is 0 Å². The van der Waals surface area contributed by atoms with E-state index in [9.17, 15) is 0 Å². The zero-order chi connectivity index (χ0) is 44.7. The van der Waals surface area contributed by atoms with E-state index >= 15 is 0 Å². The van der Waals surface area contributed by atoms with E-state index in [2.05, 4.69) is 222 Å². The highest BCUT2D eigenvalue weighted by Gasteiger charge is 2.23. The summed E-state index contributed by atoms with van der Waals surface area (Å²) in [7, 11) is 0. The second kappa shape index (κ2) is 15.7. The zero-order valence-corrected chi connectivity index (χ0v) is 37.8. The molecule has 3 aliphatic carbocycles. The Balaban J connectivity index is 0.943. The number of aryl methyl sites for hydroxylation is 1. The number of hydrogen-bond acceptors (Lipinski definition) is 1.